The van der Waals surface area contributed by atoms with E-state index in [-0.39, 0.29) is 5.91 Å². The molecule has 0 saturated heterocycles. The van der Waals surface area contributed by atoms with Crippen LogP contribution in [-0.2, 0) is 25.9 Å². The largest absolute Gasteiger partial charge is 0.493 e. The number of nitrogens with zero attached hydrogens (tertiary/aromatic N) is 2. The van der Waals surface area contributed by atoms with Crippen LogP contribution in [0.5, 0.6) is 11.5 Å². The SMILES string of the molecule is C=CCc1cc(C(=O)NCc2ccc(N3CCc4ccccc4C3)nc2)cc(OC)c1OC. The number of ether oxygens (including phenoxy) is 2. The Morgan fingerprint density at radius 1 is 1.15 bits per heavy atom. The molecule has 0 spiro atoms. The number of allylic oxidation sites excluding steroid dienone is 1. The van der Waals surface area contributed by atoms with Crippen LogP contribution in [-0.4, -0.2) is 31.7 Å². The predicted octanol–water partition coefficient (Wildman–Crippen LogP) is 4.32. The fourth-order valence-corrected chi connectivity index (χ4v) is 4.17. The van der Waals surface area contributed by atoms with Gasteiger partial charge in [0.2, 0.25) is 0 Å². The second-order valence-corrected chi connectivity index (χ2v) is 8.01. The summed E-state index contributed by atoms with van der Waals surface area (Å²) in [7, 11) is 3.15. The van der Waals surface area contributed by atoms with Crippen molar-refractivity contribution in [1.82, 2.24) is 10.3 Å². The van der Waals surface area contributed by atoms with E-state index in [1.807, 2.05) is 24.4 Å². The number of anilines is 1. The number of carbonyl (C=O) groups excluding carboxylic acids is 1. The molecule has 1 N–H and O–H groups in total. The van der Waals surface area contributed by atoms with Crippen LogP contribution >= 0.6 is 0 Å². The molecule has 2 aromatic carbocycles. The van der Waals surface area contributed by atoms with Crippen LogP contribution in [0.15, 0.2) is 67.4 Å². The molecule has 6 nitrogen and oxygen atoms in total. The number of carbonyl (C=O) groups is 1. The minimum atomic E-state index is -0.182. The third-order valence-electron chi connectivity index (χ3n) is 5.90. The van der Waals surface area contributed by atoms with E-state index in [0.717, 1.165) is 36.5 Å². The molecule has 2 heterocycles. The maximum Gasteiger partial charge on any atom is 0.251 e. The van der Waals surface area contributed by atoms with Gasteiger partial charge in [-0.1, -0.05) is 36.4 Å². The Hall–Kier alpha value is -3.80. The van der Waals surface area contributed by atoms with E-state index >= 15 is 0 Å². The number of rotatable bonds is 8. The van der Waals surface area contributed by atoms with Crippen molar-refractivity contribution < 1.29 is 14.3 Å². The third kappa shape index (κ3) is 5.00. The number of pyridine rings is 1. The Labute approximate surface area is 194 Å². The van der Waals surface area contributed by atoms with Gasteiger partial charge in [-0.05, 0) is 47.7 Å². The molecule has 1 aliphatic rings. The normalized spacial score (nSPS) is 12.6. The minimum Gasteiger partial charge on any atom is -0.493 e. The van der Waals surface area contributed by atoms with Gasteiger partial charge in [0, 0.05) is 37.0 Å². The summed E-state index contributed by atoms with van der Waals surface area (Å²) in [6.45, 7) is 5.99. The zero-order valence-electron chi connectivity index (χ0n) is 19.1. The van der Waals surface area contributed by atoms with Crippen LogP contribution in [0.2, 0.25) is 0 Å². The second-order valence-electron chi connectivity index (χ2n) is 8.01. The molecule has 0 bridgehead atoms. The molecule has 33 heavy (non-hydrogen) atoms. The van der Waals surface area contributed by atoms with Crippen molar-refractivity contribution >= 4 is 11.7 Å². The lowest BCUT2D eigenvalue weighted by atomic mass is 10.00. The van der Waals surface area contributed by atoms with Gasteiger partial charge in [0.1, 0.15) is 5.82 Å². The molecular formula is C27H29N3O3. The standard InChI is InChI=1S/C27H29N3O3/c1-4-7-21-14-23(15-24(32-2)26(21)33-3)27(31)29-17-19-10-11-25(28-16-19)30-13-12-20-8-5-6-9-22(20)18-30/h4-6,8-11,14-16H,1,7,12-13,17-18H2,2-3H3,(H,29,31). The summed E-state index contributed by atoms with van der Waals surface area (Å²) >= 11 is 0. The van der Waals surface area contributed by atoms with Crippen molar-refractivity contribution in [3.05, 3.63) is 95.2 Å². The van der Waals surface area contributed by atoms with Gasteiger partial charge >= 0.3 is 0 Å². The van der Waals surface area contributed by atoms with Gasteiger partial charge < -0.3 is 19.7 Å². The van der Waals surface area contributed by atoms with Crippen molar-refractivity contribution in [2.45, 2.75) is 25.9 Å². The summed E-state index contributed by atoms with van der Waals surface area (Å²) in [5.74, 6) is 1.91. The highest BCUT2D eigenvalue weighted by Gasteiger charge is 2.18. The summed E-state index contributed by atoms with van der Waals surface area (Å²) in [6, 6.07) is 16.1. The monoisotopic (exact) mass is 443 g/mol. The number of nitrogens with one attached hydrogen (secondary N) is 1. The molecule has 1 aromatic heterocycles. The first-order valence-corrected chi connectivity index (χ1v) is 11.0. The van der Waals surface area contributed by atoms with E-state index in [9.17, 15) is 4.79 Å². The lowest BCUT2D eigenvalue weighted by Gasteiger charge is -2.29. The van der Waals surface area contributed by atoms with Crippen molar-refractivity contribution in [2.24, 2.45) is 0 Å². The molecule has 0 radical (unpaired) electrons. The van der Waals surface area contributed by atoms with Crippen molar-refractivity contribution in [3.8, 4) is 11.5 Å². The van der Waals surface area contributed by atoms with E-state index < -0.39 is 0 Å². The summed E-state index contributed by atoms with van der Waals surface area (Å²) < 4.78 is 10.9. The number of hydrogen-bond donors (Lipinski definition) is 1. The van der Waals surface area contributed by atoms with Crippen molar-refractivity contribution in [2.75, 3.05) is 25.7 Å². The van der Waals surface area contributed by atoms with E-state index in [1.165, 1.54) is 11.1 Å². The molecule has 170 valence electrons. The molecule has 1 amide bonds. The molecule has 0 aliphatic carbocycles. The fourth-order valence-electron chi connectivity index (χ4n) is 4.17. The van der Waals surface area contributed by atoms with E-state index in [4.69, 9.17) is 9.47 Å². The highest BCUT2D eigenvalue weighted by molar-refractivity contribution is 5.95. The lowest BCUT2D eigenvalue weighted by Crippen LogP contribution is -2.31. The number of hydrogen-bond acceptors (Lipinski definition) is 5. The highest BCUT2D eigenvalue weighted by atomic mass is 16.5. The average molecular weight is 444 g/mol. The third-order valence-corrected chi connectivity index (χ3v) is 5.90. The zero-order chi connectivity index (χ0) is 23.2. The molecule has 3 aromatic rings. The molecule has 6 heteroatoms. The smallest absolute Gasteiger partial charge is 0.251 e. The molecule has 0 atom stereocenters. The molecule has 1 aliphatic heterocycles. The van der Waals surface area contributed by atoms with Crippen LogP contribution < -0.4 is 19.7 Å². The number of amides is 1. The summed E-state index contributed by atoms with van der Waals surface area (Å²) in [5.41, 5.74) is 5.08. The lowest BCUT2D eigenvalue weighted by molar-refractivity contribution is 0.0950. The maximum absolute atomic E-state index is 12.8. The van der Waals surface area contributed by atoms with Gasteiger partial charge in [-0.15, -0.1) is 6.58 Å². The zero-order valence-corrected chi connectivity index (χ0v) is 19.1. The predicted molar refractivity (Wildman–Crippen MR) is 130 cm³/mol. The van der Waals surface area contributed by atoms with Crippen LogP contribution in [0.3, 0.4) is 0 Å². The quantitative estimate of drug-likeness (QED) is 0.526. The fraction of sp³-hybridized carbons (Fsp3) is 0.259. The average Bonchev–Trinajstić information content (AvgIpc) is 2.87. The van der Waals surface area contributed by atoms with Crippen molar-refractivity contribution in [3.63, 3.8) is 0 Å². The van der Waals surface area contributed by atoms with Gasteiger partial charge in [0.05, 0.1) is 14.2 Å². The molecule has 0 fully saturated rings. The van der Waals surface area contributed by atoms with Crippen molar-refractivity contribution in [1.29, 1.82) is 0 Å². The van der Waals surface area contributed by atoms with E-state index in [0.29, 0.717) is 30.0 Å². The first-order chi connectivity index (χ1) is 16.1. The van der Waals surface area contributed by atoms with Crippen LogP contribution in [0.25, 0.3) is 0 Å². The molecule has 4 rings (SSSR count). The topological polar surface area (TPSA) is 63.7 Å². The van der Waals surface area contributed by atoms with E-state index in [2.05, 4.69) is 46.0 Å². The van der Waals surface area contributed by atoms with Gasteiger partial charge in [0.15, 0.2) is 11.5 Å². The molecular weight excluding hydrogens is 414 g/mol. The Balaban J connectivity index is 1.41. The molecule has 0 saturated carbocycles. The van der Waals surface area contributed by atoms with Gasteiger partial charge in [-0.3, -0.25) is 4.79 Å². The minimum absolute atomic E-state index is 0.182. The van der Waals surface area contributed by atoms with Crippen LogP contribution in [0.4, 0.5) is 5.82 Å². The maximum atomic E-state index is 12.8. The number of fused-ring (bicyclic) bond motifs is 1. The van der Waals surface area contributed by atoms with E-state index in [1.54, 1.807) is 26.4 Å². The van der Waals surface area contributed by atoms with Crippen LogP contribution in [0.1, 0.15) is 32.6 Å². The summed E-state index contributed by atoms with van der Waals surface area (Å²) in [4.78, 5) is 19.7. The van der Waals surface area contributed by atoms with Crippen LogP contribution in [0, 0.1) is 0 Å². The Morgan fingerprint density at radius 3 is 2.67 bits per heavy atom. The summed E-state index contributed by atoms with van der Waals surface area (Å²) in [6.07, 6.45) is 5.20. The van der Waals surface area contributed by atoms with Gasteiger partial charge in [0.25, 0.3) is 5.91 Å². The van der Waals surface area contributed by atoms with Gasteiger partial charge in [-0.2, -0.15) is 0 Å². The second kappa shape index (κ2) is 10.2. The first-order valence-electron chi connectivity index (χ1n) is 11.0. The number of methoxy groups -OCH3 is 2. The number of aromatic nitrogens is 1. The highest BCUT2D eigenvalue weighted by Crippen LogP contribution is 2.33. The Morgan fingerprint density at radius 2 is 1.97 bits per heavy atom. The molecule has 0 unspecified atom stereocenters. The summed E-state index contributed by atoms with van der Waals surface area (Å²) in [5, 5.41) is 2.97. The first kappa shape index (κ1) is 22.4. The Bertz CT molecular complexity index is 1140. The Kier molecular flexibility index (Phi) is 6.93. The van der Waals surface area contributed by atoms with Gasteiger partial charge in [-0.25, -0.2) is 4.98 Å². The number of benzene rings is 2.